The topological polar surface area (TPSA) is 471 Å². The normalized spacial score (nSPS) is 18.3. The van der Waals surface area contributed by atoms with Gasteiger partial charge in [0.1, 0.15) is 48.3 Å². The maximum atomic E-state index is 14.1. The number of aliphatic hydroxyl groups excluding tert-OH is 1. The number of aliphatic carboxylic acids is 1. The summed E-state index contributed by atoms with van der Waals surface area (Å²) >= 11 is 0. The number of nitrogens with one attached hydrogen (secondary N) is 6. The molecule has 72 heavy (non-hydrogen) atoms. The minimum absolute atomic E-state index is 0.0258. The summed E-state index contributed by atoms with van der Waals surface area (Å²) < 4.78 is 0. The van der Waals surface area contributed by atoms with Gasteiger partial charge < -0.3 is 86.3 Å². The average Bonchev–Trinajstić information content (AvgIpc) is 4.00. The minimum atomic E-state index is -1.62. The zero-order chi connectivity index (χ0) is 54.4. The zero-order valence-electron chi connectivity index (χ0n) is 41.9. The summed E-state index contributed by atoms with van der Waals surface area (Å²) in [5.74, 6) is -9.10. The number of nitrogens with zero attached hydrogens (tertiary/aromatic N) is 4. The van der Waals surface area contributed by atoms with Crippen molar-refractivity contribution in [2.75, 3.05) is 32.8 Å². The Morgan fingerprint density at radius 3 is 1.49 bits per heavy atom. The first-order valence-corrected chi connectivity index (χ1v) is 24.2. The number of amides is 9. The number of carbonyl (C=O) groups is 10. The van der Waals surface area contributed by atoms with Gasteiger partial charge in [0.05, 0.1) is 12.6 Å². The van der Waals surface area contributed by atoms with E-state index in [9.17, 15) is 58.2 Å². The van der Waals surface area contributed by atoms with E-state index in [0.717, 1.165) is 0 Å². The van der Waals surface area contributed by atoms with Gasteiger partial charge in [0.15, 0.2) is 11.9 Å². The number of hydrogen-bond donors (Lipinski definition) is 14. The standard InChI is InChI=1S/C44H78N16O12/c1-22(2)20-25(45)35(64)55-27(10-6-16-51-43(47)48)40(69)59-18-8-12-30(59)37(66)54-26(14-15-32(46)62)36(65)53-24(5)34(63)58-33(23(3)4)39(68)56-28(11-7-17-52-44(49)50)41(70)60-19-9-13-31(60)38(67)57-29(21-61)42(71)72/h22-31,33,61H,6-21,45H2,1-5H3,(H2,46,62)(H,53,65)(H,54,66)(H,55,64)(H,56,68)(H,57,67)(H,58,63)(H,71,72)(H4,47,48,51)(H4,49,50,52)/t24-,25-,26-,27-,28-,29-,30-,31-,33-/m0/s1. The highest BCUT2D eigenvalue weighted by molar-refractivity contribution is 5.98. The number of guanidine groups is 2. The number of nitrogens with two attached hydrogens (primary N) is 6. The van der Waals surface area contributed by atoms with Crippen LogP contribution in [-0.4, -0.2) is 178 Å². The van der Waals surface area contributed by atoms with E-state index in [2.05, 4.69) is 41.9 Å². The lowest BCUT2D eigenvalue weighted by Crippen LogP contribution is -2.60. The first-order chi connectivity index (χ1) is 33.8. The molecule has 0 bridgehead atoms. The summed E-state index contributed by atoms with van der Waals surface area (Å²) in [6.45, 7) is 7.87. The van der Waals surface area contributed by atoms with Crippen molar-refractivity contribution in [1.82, 2.24) is 41.7 Å². The molecule has 20 N–H and O–H groups in total. The van der Waals surface area contributed by atoms with Gasteiger partial charge in [-0.1, -0.05) is 27.7 Å². The Morgan fingerprint density at radius 2 is 1.07 bits per heavy atom. The van der Waals surface area contributed by atoms with Crippen molar-refractivity contribution in [3.8, 4) is 0 Å². The van der Waals surface area contributed by atoms with Crippen molar-refractivity contribution in [3.05, 3.63) is 0 Å². The van der Waals surface area contributed by atoms with Gasteiger partial charge in [0.25, 0.3) is 0 Å². The molecule has 2 saturated heterocycles. The lowest BCUT2D eigenvalue weighted by atomic mass is 10.0. The van der Waals surface area contributed by atoms with Gasteiger partial charge in [0, 0.05) is 32.6 Å². The summed E-state index contributed by atoms with van der Waals surface area (Å²) in [7, 11) is 0. The number of carboxylic acids is 1. The number of aliphatic imine (C=N–C) groups is 2. The molecule has 0 aromatic rings. The first kappa shape index (κ1) is 61.3. The monoisotopic (exact) mass is 1020 g/mol. The Hall–Kier alpha value is -6.84. The molecule has 2 heterocycles. The summed E-state index contributed by atoms with van der Waals surface area (Å²) in [4.78, 5) is 143. The fourth-order valence-electron chi connectivity index (χ4n) is 8.15. The highest BCUT2D eigenvalue weighted by Gasteiger charge is 2.41. The number of likely N-dealkylation sites (tertiary alicyclic amines) is 2. The van der Waals surface area contributed by atoms with Crippen LogP contribution in [0.2, 0.25) is 0 Å². The van der Waals surface area contributed by atoms with Gasteiger partial charge in [-0.05, 0) is 83.0 Å². The molecule has 2 aliphatic heterocycles. The number of carboxylic acid groups (broad SMARTS) is 1. The fourth-order valence-corrected chi connectivity index (χ4v) is 8.15. The minimum Gasteiger partial charge on any atom is -0.480 e. The van der Waals surface area contributed by atoms with Crippen LogP contribution < -0.4 is 66.3 Å². The summed E-state index contributed by atoms with van der Waals surface area (Å²) in [6.07, 6.45) is 1.37. The van der Waals surface area contributed by atoms with E-state index in [0.29, 0.717) is 19.3 Å². The van der Waals surface area contributed by atoms with Gasteiger partial charge in [-0.15, -0.1) is 0 Å². The largest absolute Gasteiger partial charge is 0.480 e. The van der Waals surface area contributed by atoms with Crippen molar-refractivity contribution in [3.63, 3.8) is 0 Å². The lowest BCUT2D eigenvalue weighted by molar-refractivity contribution is -0.145. The molecule has 2 fully saturated rings. The molecule has 0 radical (unpaired) electrons. The van der Waals surface area contributed by atoms with E-state index >= 15 is 0 Å². The number of rotatable bonds is 30. The van der Waals surface area contributed by atoms with E-state index in [4.69, 9.17) is 34.4 Å². The molecule has 0 aromatic heterocycles. The van der Waals surface area contributed by atoms with Gasteiger partial charge in [-0.25, -0.2) is 4.79 Å². The second kappa shape index (κ2) is 30.1. The quantitative estimate of drug-likeness (QED) is 0.0181. The maximum absolute atomic E-state index is 14.1. The second-order valence-corrected chi connectivity index (χ2v) is 18.7. The Morgan fingerprint density at radius 1 is 0.597 bits per heavy atom. The second-order valence-electron chi connectivity index (χ2n) is 18.7. The van der Waals surface area contributed by atoms with Gasteiger partial charge in [0.2, 0.25) is 53.2 Å². The fraction of sp³-hybridized carbons (Fsp3) is 0.727. The van der Waals surface area contributed by atoms with Crippen molar-refractivity contribution >= 4 is 71.1 Å². The molecule has 28 heteroatoms. The van der Waals surface area contributed by atoms with Crippen LogP contribution in [0.1, 0.15) is 105 Å². The number of aliphatic hydroxyl groups is 1. The summed E-state index contributed by atoms with van der Waals surface area (Å²) in [5.41, 5.74) is 33.3. The number of hydrogen-bond acceptors (Lipinski definition) is 14. The molecule has 9 atom stereocenters. The molecule has 0 saturated carbocycles. The SMILES string of the molecule is CC(C)C[C@H](N)C(=O)N[C@@H](CCCN=C(N)N)C(=O)N1CCC[C@H]1C(=O)N[C@@H](CCC(N)=O)C(=O)N[C@@H](C)C(=O)N[C@H](C(=O)N[C@@H](CCCN=C(N)N)C(=O)N1CCC[C@H]1C(=O)N[C@@H](CO)C(=O)O)C(C)C. The van der Waals surface area contributed by atoms with E-state index in [1.54, 1.807) is 13.8 Å². The average molecular weight is 1020 g/mol. The van der Waals surface area contributed by atoms with Crippen LogP contribution in [0.25, 0.3) is 0 Å². The van der Waals surface area contributed by atoms with Crippen LogP contribution in [-0.2, 0) is 47.9 Å². The molecule has 0 spiro atoms. The van der Waals surface area contributed by atoms with Crippen molar-refractivity contribution in [1.29, 1.82) is 0 Å². The summed E-state index contributed by atoms with van der Waals surface area (Å²) in [6, 6.07) is -11.2. The highest BCUT2D eigenvalue weighted by atomic mass is 16.4. The Bertz CT molecular complexity index is 1980. The van der Waals surface area contributed by atoms with Crippen molar-refractivity contribution in [2.24, 2.45) is 56.2 Å². The van der Waals surface area contributed by atoms with Crippen LogP contribution in [0.4, 0.5) is 0 Å². The summed E-state index contributed by atoms with van der Waals surface area (Å²) in [5, 5.41) is 34.0. The van der Waals surface area contributed by atoms with E-state index in [1.807, 2.05) is 13.8 Å². The predicted molar refractivity (Wildman–Crippen MR) is 262 cm³/mol. The molecule has 406 valence electrons. The molecule has 2 aliphatic rings. The maximum Gasteiger partial charge on any atom is 0.328 e. The smallest absolute Gasteiger partial charge is 0.328 e. The van der Waals surface area contributed by atoms with E-state index < -0.39 is 126 Å². The third-order valence-electron chi connectivity index (χ3n) is 12.0. The van der Waals surface area contributed by atoms with Crippen LogP contribution in [0, 0.1) is 11.8 Å². The van der Waals surface area contributed by atoms with Gasteiger partial charge in [-0.2, -0.15) is 0 Å². The third kappa shape index (κ3) is 20.1. The van der Waals surface area contributed by atoms with Gasteiger partial charge in [-0.3, -0.25) is 53.1 Å². The molecular weight excluding hydrogens is 945 g/mol. The molecule has 0 aromatic carbocycles. The van der Waals surface area contributed by atoms with Crippen molar-refractivity contribution in [2.45, 2.75) is 160 Å². The molecule has 0 aliphatic carbocycles. The zero-order valence-corrected chi connectivity index (χ0v) is 41.9. The van der Waals surface area contributed by atoms with Crippen LogP contribution in [0.5, 0.6) is 0 Å². The van der Waals surface area contributed by atoms with E-state index in [-0.39, 0.29) is 95.4 Å². The molecule has 9 amide bonds. The highest BCUT2D eigenvalue weighted by Crippen LogP contribution is 2.22. The molecule has 0 unspecified atom stereocenters. The molecular formula is C44H78N16O12. The third-order valence-corrected chi connectivity index (χ3v) is 12.0. The van der Waals surface area contributed by atoms with Crippen LogP contribution in [0.15, 0.2) is 9.98 Å². The van der Waals surface area contributed by atoms with Crippen LogP contribution >= 0.6 is 0 Å². The predicted octanol–water partition coefficient (Wildman–Crippen LogP) is -5.62. The Labute approximate surface area is 418 Å². The van der Waals surface area contributed by atoms with E-state index in [1.165, 1.54) is 16.7 Å². The lowest BCUT2D eigenvalue weighted by Gasteiger charge is -2.31. The first-order valence-electron chi connectivity index (χ1n) is 24.2. The Kier molecular flexibility index (Phi) is 25.6. The number of primary amides is 1. The molecule has 28 nitrogen and oxygen atoms in total. The molecule has 2 rings (SSSR count). The van der Waals surface area contributed by atoms with Crippen molar-refractivity contribution < 1.29 is 58.2 Å². The van der Waals surface area contributed by atoms with Crippen LogP contribution in [0.3, 0.4) is 0 Å². The number of carbonyl (C=O) groups excluding carboxylic acids is 9. The Balaban J connectivity index is 2.27. The van der Waals surface area contributed by atoms with Gasteiger partial charge >= 0.3 is 5.97 Å².